The van der Waals surface area contributed by atoms with Crippen LogP contribution in [0.1, 0.15) is 41.4 Å². The molecule has 110 valence electrons. The highest BCUT2D eigenvalue weighted by molar-refractivity contribution is 5.52. The number of rotatable bonds is 2. The molecule has 0 spiro atoms. The average molecular weight is 285 g/mol. The maximum atomic E-state index is 10.9. The number of nitrogens with two attached hydrogens (primary N) is 1. The molecular formula is C16H19N3O2. The molecule has 0 amide bonds. The number of hydrogen-bond donors (Lipinski definition) is 1. The standard InChI is InChI=1S/C16H19N3O2/c1-10-8-12(19(20)21)6-7-15(10)18-11(2)9-13-14(17)4-3-5-16(13)18/h6-9,14H,3-5,17H2,1-2H3. The molecule has 0 aliphatic heterocycles. The van der Waals surface area contributed by atoms with Gasteiger partial charge in [0.1, 0.15) is 0 Å². The molecule has 0 bridgehead atoms. The minimum Gasteiger partial charge on any atom is -0.324 e. The molecular weight excluding hydrogens is 266 g/mol. The summed E-state index contributed by atoms with van der Waals surface area (Å²) in [5.41, 5.74) is 11.9. The Balaban J connectivity index is 2.15. The minimum atomic E-state index is -0.356. The Morgan fingerprint density at radius 2 is 2.10 bits per heavy atom. The maximum Gasteiger partial charge on any atom is 0.269 e. The first kappa shape index (κ1) is 13.8. The van der Waals surface area contributed by atoms with E-state index >= 15 is 0 Å². The lowest BCUT2D eigenvalue weighted by Crippen LogP contribution is -2.18. The van der Waals surface area contributed by atoms with Crippen molar-refractivity contribution in [2.75, 3.05) is 0 Å². The summed E-state index contributed by atoms with van der Waals surface area (Å²) in [4.78, 5) is 10.5. The predicted octanol–water partition coefficient (Wildman–Crippen LogP) is 3.34. The second-order valence-corrected chi connectivity index (χ2v) is 5.75. The SMILES string of the molecule is Cc1cc([N+](=O)[O-])ccc1-n1c(C)cc2c1CCCC2N. The third-order valence-electron chi connectivity index (χ3n) is 4.28. The number of nitro groups is 1. The highest BCUT2D eigenvalue weighted by Crippen LogP contribution is 2.34. The molecule has 0 radical (unpaired) electrons. The summed E-state index contributed by atoms with van der Waals surface area (Å²) in [6.07, 6.45) is 3.12. The second-order valence-electron chi connectivity index (χ2n) is 5.75. The lowest BCUT2D eigenvalue weighted by atomic mass is 9.93. The van der Waals surface area contributed by atoms with Crippen LogP contribution in [0.4, 0.5) is 5.69 Å². The lowest BCUT2D eigenvalue weighted by Gasteiger charge is -2.22. The first-order chi connectivity index (χ1) is 9.99. The Kier molecular flexibility index (Phi) is 3.29. The number of non-ortho nitro benzene ring substituents is 1. The summed E-state index contributed by atoms with van der Waals surface area (Å²) >= 11 is 0. The summed E-state index contributed by atoms with van der Waals surface area (Å²) < 4.78 is 2.20. The monoisotopic (exact) mass is 285 g/mol. The molecule has 0 saturated carbocycles. The van der Waals surface area contributed by atoms with Gasteiger partial charge < -0.3 is 10.3 Å². The number of fused-ring (bicyclic) bond motifs is 1. The van der Waals surface area contributed by atoms with Gasteiger partial charge in [-0.1, -0.05) is 0 Å². The van der Waals surface area contributed by atoms with E-state index in [9.17, 15) is 10.1 Å². The average Bonchev–Trinajstić information content (AvgIpc) is 2.77. The first-order valence-electron chi connectivity index (χ1n) is 7.21. The van der Waals surface area contributed by atoms with Crippen LogP contribution in [-0.4, -0.2) is 9.49 Å². The van der Waals surface area contributed by atoms with Gasteiger partial charge in [0.2, 0.25) is 0 Å². The lowest BCUT2D eigenvalue weighted by molar-refractivity contribution is -0.384. The fourth-order valence-electron chi connectivity index (χ4n) is 3.28. The van der Waals surface area contributed by atoms with Gasteiger partial charge in [0, 0.05) is 35.2 Å². The second kappa shape index (κ2) is 5.00. The van der Waals surface area contributed by atoms with Crippen LogP contribution in [0.5, 0.6) is 0 Å². The van der Waals surface area contributed by atoms with E-state index in [1.165, 1.54) is 11.3 Å². The zero-order valence-corrected chi connectivity index (χ0v) is 12.3. The van der Waals surface area contributed by atoms with E-state index in [4.69, 9.17) is 5.73 Å². The van der Waals surface area contributed by atoms with Crippen LogP contribution in [0, 0.1) is 24.0 Å². The topological polar surface area (TPSA) is 74.1 Å². The Labute approximate surface area is 123 Å². The molecule has 1 aromatic carbocycles. The van der Waals surface area contributed by atoms with E-state index in [2.05, 4.69) is 17.6 Å². The number of nitro benzene ring substituents is 1. The number of hydrogen-bond acceptors (Lipinski definition) is 3. The molecule has 5 nitrogen and oxygen atoms in total. The van der Waals surface area contributed by atoms with Crippen LogP contribution in [0.25, 0.3) is 5.69 Å². The third kappa shape index (κ3) is 2.23. The summed E-state index contributed by atoms with van der Waals surface area (Å²) in [6.45, 7) is 3.98. The highest BCUT2D eigenvalue weighted by atomic mass is 16.6. The molecule has 5 heteroatoms. The number of aromatic nitrogens is 1. The summed E-state index contributed by atoms with van der Waals surface area (Å²) in [5.74, 6) is 0. The Bertz CT molecular complexity index is 719. The third-order valence-corrected chi connectivity index (χ3v) is 4.28. The van der Waals surface area contributed by atoms with Crippen LogP contribution >= 0.6 is 0 Å². The first-order valence-corrected chi connectivity index (χ1v) is 7.21. The van der Waals surface area contributed by atoms with E-state index in [1.807, 2.05) is 13.0 Å². The molecule has 0 saturated heterocycles. The van der Waals surface area contributed by atoms with Gasteiger partial charge >= 0.3 is 0 Å². The van der Waals surface area contributed by atoms with Crippen molar-refractivity contribution < 1.29 is 4.92 Å². The molecule has 2 aromatic rings. The smallest absolute Gasteiger partial charge is 0.269 e. The predicted molar refractivity (Wildman–Crippen MR) is 81.8 cm³/mol. The van der Waals surface area contributed by atoms with E-state index < -0.39 is 0 Å². The Hall–Kier alpha value is -2.14. The van der Waals surface area contributed by atoms with Gasteiger partial charge in [0.15, 0.2) is 0 Å². The van der Waals surface area contributed by atoms with Crippen molar-refractivity contribution in [3.05, 3.63) is 56.9 Å². The fraction of sp³-hybridized carbons (Fsp3) is 0.375. The van der Waals surface area contributed by atoms with Gasteiger partial charge in [0.05, 0.1) is 4.92 Å². The zero-order valence-electron chi connectivity index (χ0n) is 12.3. The molecule has 21 heavy (non-hydrogen) atoms. The number of aryl methyl sites for hydroxylation is 2. The largest absolute Gasteiger partial charge is 0.324 e. The normalized spacial score (nSPS) is 17.6. The number of nitrogens with zero attached hydrogens (tertiary/aromatic N) is 2. The molecule has 1 aliphatic carbocycles. The zero-order chi connectivity index (χ0) is 15.1. The molecule has 1 unspecified atom stereocenters. The Morgan fingerprint density at radius 1 is 1.33 bits per heavy atom. The quantitative estimate of drug-likeness (QED) is 0.679. The van der Waals surface area contributed by atoms with Crippen molar-refractivity contribution in [2.24, 2.45) is 5.73 Å². The Morgan fingerprint density at radius 3 is 2.76 bits per heavy atom. The summed E-state index contributed by atoms with van der Waals surface area (Å²) in [5, 5.41) is 10.9. The molecule has 1 aromatic heterocycles. The van der Waals surface area contributed by atoms with Crippen molar-refractivity contribution in [3.8, 4) is 5.69 Å². The van der Waals surface area contributed by atoms with Crippen LogP contribution in [0.3, 0.4) is 0 Å². The molecule has 2 N–H and O–H groups in total. The van der Waals surface area contributed by atoms with Crippen LogP contribution < -0.4 is 5.73 Å². The minimum absolute atomic E-state index is 0.104. The van der Waals surface area contributed by atoms with E-state index in [-0.39, 0.29) is 16.7 Å². The van der Waals surface area contributed by atoms with Gasteiger partial charge in [-0.2, -0.15) is 0 Å². The van der Waals surface area contributed by atoms with Crippen molar-refractivity contribution in [2.45, 2.75) is 39.2 Å². The highest BCUT2D eigenvalue weighted by Gasteiger charge is 2.23. The molecule has 0 fully saturated rings. The summed E-state index contributed by atoms with van der Waals surface area (Å²) in [7, 11) is 0. The maximum absolute atomic E-state index is 10.9. The van der Waals surface area contributed by atoms with Crippen molar-refractivity contribution in [1.82, 2.24) is 4.57 Å². The molecule has 3 rings (SSSR count). The van der Waals surface area contributed by atoms with Gasteiger partial charge in [-0.05, 0) is 56.4 Å². The van der Waals surface area contributed by atoms with Crippen LogP contribution in [-0.2, 0) is 6.42 Å². The van der Waals surface area contributed by atoms with Crippen molar-refractivity contribution in [1.29, 1.82) is 0 Å². The van der Waals surface area contributed by atoms with Gasteiger partial charge in [-0.3, -0.25) is 10.1 Å². The van der Waals surface area contributed by atoms with Gasteiger partial charge in [-0.25, -0.2) is 0 Å². The molecule has 1 atom stereocenters. The van der Waals surface area contributed by atoms with E-state index in [0.717, 1.165) is 36.2 Å². The van der Waals surface area contributed by atoms with Gasteiger partial charge in [0.25, 0.3) is 5.69 Å². The molecule has 1 heterocycles. The van der Waals surface area contributed by atoms with E-state index in [1.54, 1.807) is 12.1 Å². The number of benzene rings is 1. The molecule has 1 aliphatic rings. The summed E-state index contributed by atoms with van der Waals surface area (Å²) in [6, 6.07) is 7.29. The van der Waals surface area contributed by atoms with Crippen molar-refractivity contribution in [3.63, 3.8) is 0 Å². The van der Waals surface area contributed by atoms with Crippen LogP contribution in [0.2, 0.25) is 0 Å². The van der Waals surface area contributed by atoms with Gasteiger partial charge in [-0.15, -0.1) is 0 Å². The van der Waals surface area contributed by atoms with Crippen molar-refractivity contribution >= 4 is 5.69 Å². The fourth-order valence-corrected chi connectivity index (χ4v) is 3.28. The van der Waals surface area contributed by atoms with E-state index in [0.29, 0.717) is 0 Å². The van der Waals surface area contributed by atoms with Crippen LogP contribution in [0.15, 0.2) is 24.3 Å².